The Labute approximate surface area is 234 Å². The molecule has 2 heterocycles. The first-order valence-corrected chi connectivity index (χ1v) is 14.6. The maximum Gasteiger partial charge on any atom is 0.416 e. The number of methoxy groups -OCH3 is 2. The van der Waals surface area contributed by atoms with Gasteiger partial charge in [0.25, 0.3) is 0 Å². The Kier molecular flexibility index (Phi) is 6.54. The first-order valence-electron chi connectivity index (χ1n) is 13.2. The molecule has 0 bridgehead atoms. The largest absolute Gasteiger partial charge is 0.497 e. The molecule has 2 aromatic rings. The standard InChI is InChI=1S/C29H34N2O8S/c1-18-7-10-20(11-8-18)40(35,36)30-16-15-28-21-17-19(37-5)9-12-22(21)31(26(34)39-27(2,3)4)29(28,30)14-13-23(32)24(28)25(33)38-6/h7-12,17,24H,13-16H2,1-6H3/t24?,28-,29?/m0/s1. The second kappa shape index (κ2) is 9.31. The molecule has 1 saturated heterocycles. The fourth-order valence-electron chi connectivity index (χ4n) is 6.81. The van der Waals surface area contributed by atoms with Gasteiger partial charge in [0, 0.05) is 13.0 Å². The van der Waals surface area contributed by atoms with Crippen LogP contribution in [0.3, 0.4) is 0 Å². The number of aryl methyl sites for hydroxylation is 1. The summed E-state index contributed by atoms with van der Waals surface area (Å²) in [7, 11) is -1.54. The lowest BCUT2D eigenvalue weighted by Crippen LogP contribution is -2.71. The predicted octanol–water partition coefficient (Wildman–Crippen LogP) is 3.94. The molecule has 214 valence electrons. The summed E-state index contributed by atoms with van der Waals surface area (Å²) >= 11 is 0. The van der Waals surface area contributed by atoms with Crippen molar-refractivity contribution in [3.8, 4) is 5.75 Å². The first-order chi connectivity index (χ1) is 18.7. The van der Waals surface area contributed by atoms with Crippen molar-refractivity contribution in [3.63, 3.8) is 0 Å². The Morgan fingerprint density at radius 3 is 2.30 bits per heavy atom. The number of anilines is 1. The third-order valence-electron chi connectivity index (χ3n) is 8.29. The van der Waals surface area contributed by atoms with Crippen molar-refractivity contribution in [2.45, 2.75) is 68.5 Å². The predicted molar refractivity (Wildman–Crippen MR) is 146 cm³/mol. The van der Waals surface area contributed by atoms with Gasteiger partial charge in [0.15, 0.2) is 0 Å². The number of fused-ring (bicyclic) bond motifs is 1. The van der Waals surface area contributed by atoms with Crippen LogP contribution in [-0.2, 0) is 34.5 Å². The number of sulfonamides is 1. The van der Waals surface area contributed by atoms with E-state index in [2.05, 4.69) is 0 Å². The Morgan fingerprint density at radius 1 is 1.02 bits per heavy atom. The highest BCUT2D eigenvalue weighted by Crippen LogP contribution is 2.67. The van der Waals surface area contributed by atoms with Gasteiger partial charge in [0.2, 0.25) is 10.0 Å². The zero-order chi connectivity index (χ0) is 29.3. The molecular weight excluding hydrogens is 536 g/mol. The van der Waals surface area contributed by atoms with Gasteiger partial charge in [0.1, 0.15) is 28.7 Å². The number of ether oxygens (including phenoxy) is 3. The average Bonchev–Trinajstić information content (AvgIpc) is 3.36. The van der Waals surface area contributed by atoms with Crippen molar-refractivity contribution in [1.29, 1.82) is 0 Å². The van der Waals surface area contributed by atoms with Crippen molar-refractivity contribution >= 4 is 33.6 Å². The van der Waals surface area contributed by atoms with Gasteiger partial charge in [-0.25, -0.2) is 13.2 Å². The van der Waals surface area contributed by atoms with E-state index in [4.69, 9.17) is 14.2 Å². The highest BCUT2D eigenvalue weighted by Gasteiger charge is 2.78. The van der Waals surface area contributed by atoms with Crippen molar-refractivity contribution in [2.75, 3.05) is 25.7 Å². The summed E-state index contributed by atoms with van der Waals surface area (Å²) in [6, 6.07) is 11.5. The lowest BCUT2D eigenvalue weighted by atomic mass is 9.57. The van der Waals surface area contributed by atoms with Gasteiger partial charge in [-0.1, -0.05) is 17.7 Å². The van der Waals surface area contributed by atoms with Crippen LogP contribution >= 0.6 is 0 Å². The van der Waals surface area contributed by atoms with Crippen molar-refractivity contribution in [1.82, 2.24) is 4.31 Å². The van der Waals surface area contributed by atoms with Gasteiger partial charge >= 0.3 is 12.1 Å². The van der Waals surface area contributed by atoms with Crippen LogP contribution in [0.25, 0.3) is 0 Å². The number of nitrogens with zero attached hydrogens (tertiary/aromatic N) is 2. The van der Waals surface area contributed by atoms with E-state index >= 15 is 0 Å². The van der Waals surface area contributed by atoms with Gasteiger partial charge in [-0.3, -0.25) is 14.5 Å². The molecule has 1 amide bonds. The molecule has 1 saturated carbocycles. The molecule has 0 radical (unpaired) electrons. The minimum absolute atomic E-state index is 0.0271. The topological polar surface area (TPSA) is 120 Å². The third kappa shape index (κ3) is 3.77. The van der Waals surface area contributed by atoms with Crippen LogP contribution in [-0.4, -0.2) is 62.6 Å². The van der Waals surface area contributed by atoms with Crippen LogP contribution in [0.5, 0.6) is 5.75 Å². The lowest BCUT2D eigenvalue weighted by molar-refractivity contribution is -0.157. The molecule has 2 aliphatic heterocycles. The number of ketones is 1. The number of carbonyl (C=O) groups is 3. The van der Waals surface area contributed by atoms with Gasteiger partial charge in [-0.05, 0) is 76.4 Å². The summed E-state index contributed by atoms with van der Waals surface area (Å²) in [6.45, 7) is 6.98. The molecule has 10 nitrogen and oxygen atoms in total. The molecule has 2 fully saturated rings. The van der Waals surface area contributed by atoms with E-state index in [0.29, 0.717) is 17.0 Å². The van der Waals surface area contributed by atoms with Crippen molar-refractivity contribution in [3.05, 3.63) is 53.6 Å². The van der Waals surface area contributed by atoms with Crippen LogP contribution in [0.15, 0.2) is 47.4 Å². The summed E-state index contributed by atoms with van der Waals surface area (Å²) < 4.78 is 46.6. The van der Waals surface area contributed by atoms with Crippen LogP contribution in [0, 0.1) is 12.8 Å². The molecule has 5 rings (SSSR count). The lowest BCUT2D eigenvalue weighted by Gasteiger charge is -2.53. The smallest absolute Gasteiger partial charge is 0.416 e. The summed E-state index contributed by atoms with van der Waals surface area (Å²) in [5.74, 6) is -2.04. The SMILES string of the molecule is COC(=O)C1C(=O)CCC23N(C(=O)OC(C)(C)C)c4ccc(OC)cc4[C@@]12CCN3S(=O)(=O)c1ccc(C)cc1. The van der Waals surface area contributed by atoms with Gasteiger partial charge in [-0.15, -0.1) is 0 Å². The van der Waals surface area contributed by atoms with Gasteiger partial charge in [0.05, 0.1) is 30.2 Å². The van der Waals surface area contributed by atoms with Crippen molar-refractivity contribution < 1.29 is 37.0 Å². The molecule has 40 heavy (non-hydrogen) atoms. The van der Waals surface area contributed by atoms with Crippen LogP contribution in [0.1, 0.15) is 51.2 Å². The average molecular weight is 571 g/mol. The zero-order valence-corrected chi connectivity index (χ0v) is 24.3. The van der Waals surface area contributed by atoms with Crippen LogP contribution in [0.4, 0.5) is 10.5 Å². The van der Waals surface area contributed by atoms with E-state index in [0.717, 1.165) is 5.56 Å². The highest BCUT2D eigenvalue weighted by molar-refractivity contribution is 7.89. The Bertz CT molecular complexity index is 1490. The second-order valence-electron chi connectivity index (χ2n) is 11.5. The summed E-state index contributed by atoms with van der Waals surface area (Å²) in [6.07, 6.45) is -0.833. The molecule has 1 aliphatic carbocycles. The Hall–Kier alpha value is -3.44. The molecule has 0 N–H and O–H groups in total. The molecule has 11 heteroatoms. The summed E-state index contributed by atoms with van der Waals surface area (Å²) in [5.41, 5.74) is -2.27. The number of esters is 1. The number of benzene rings is 2. The number of hydrogen-bond donors (Lipinski definition) is 0. The van der Waals surface area contributed by atoms with E-state index in [9.17, 15) is 22.8 Å². The molecular formula is C29H34N2O8S. The number of rotatable bonds is 4. The van der Waals surface area contributed by atoms with E-state index < -0.39 is 44.7 Å². The second-order valence-corrected chi connectivity index (χ2v) is 13.4. The summed E-state index contributed by atoms with van der Waals surface area (Å²) in [5, 5.41) is 0. The number of amides is 1. The van der Waals surface area contributed by atoms with E-state index in [1.807, 2.05) is 6.92 Å². The molecule has 0 aromatic heterocycles. The molecule has 2 aromatic carbocycles. The monoisotopic (exact) mass is 570 g/mol. The van der Waals surface area contributed by atoms with E-state index in [1.54, 1.807) is 51.1 Å². The molecule has 2 unspecified atom stereocenters. The molecule has 0 spiro atoms. The fourth-order valence-corrected chi connectivity index (χ4v) is 8.61. The highest BCUT2D eigenvalue weighted by atomic mass is 32.2. The molecule has 3 aliphatic rings. The van der Waals surface area contributed by atoms with E-state index in [-0.39, 0.29) is 36.5 Å². The summed E-state index contributed by atoms with van der Waals surface area (Å²) in [4.78, 5) is 42.5. The van der Waals surface area contributed by atoms with Gasteiger partial charge in [-0.2, -0.15) is 4.31 Å². The maximum atomic E-state index is 14.4. The Balaban J connectivity index is 1.85. The number of hydrogen-bond acceptors (Lipinski definition) is 8. The fraction of sp³-hybridized carbons (Fsp3) is 0.483. The Morgan fingerprint density at radius 2 is 1.70 bits per heavy atom. The molecule has 3 atom stereocenters. The van der Waals surface area contributed by atoms with Crippen LogP contribution in [0.2, 0.25) is 0 Å². The van der Waals surface area contributed by atoms with E-state index in [1.165, 1.54) is 35.6 Å². The minimum atomic E-state index is -4.22. The third-order valence-corrected chi connectivity index (χ3v) is 10.2. The first kappa shape index (κ1) is 28.1. The quantitative estimate of drug-likeness (QED) is 0.401. The minimum Gasteiger partial charge on any atom is -0.497 e. The van der Waals surface area contributed by atoms with Gasteiger partial charge < -0.3 is 14.2 Å². The number of Topliss-reactive ketones (excluding diaryl/α,β-unsaturated/α-hetero) is 1. The van der Waals surface area contributed by atoms with Crippen molar-refractivity contribution in [2.24, 2.45) is 5.92 Å². The normalized spacial score (nSPS) is 26.1. The van der Waals surface area contributed by atoms with Crippen LogP contribution < -0.4 is 9.64 Å². The number of carbonyl (C=O) groups excluding carboxylic acids is 3. The maximum absolute atomic E-state index is 14.4. The zero-order valence-electron chi connectivity index (χ0n) is 23.5.